The number of nitrogens with zero attached hydrogens (tertiary/aromatic N) is 1. The number of H-pyrrole nitrogens is 1. The number of aromatic amines is 1. The van der Waals surface area contributed by atoms with Crippen molar-refractivity contribution in [2.45, 2.75) is 23.8 Å². The molecule has 6 nitrogen and oxygen atoms in total. The second kappa shape index (κ2) is 4.59. The Hall–Kier alpha value is -1.44. The molecule has 1 aliphatic rings. The maximum absolute atomic E-state index is 12.2. The number of pyridine rings is 1. The number of hydrogen-bond donors (Lipinski definition) is 3. The molecule has 0 bridgehead atoms. The van der Waals surface area contributed by atoms with Crippen molar-refractivity contribution in [1.82, 2.24) is 14.7 Å². The van der Waals surface area contributed by atoms with E-state index < -0.39 is 10.0 Å². The van der Waals surface area contributed by atoms with Gasteiger partial charge >= 0.3 is 0 Å². The lowest BCUT2D eigenvalue weighted by Crippen LogP contribution is -2.38. The highest BCUT2D eigenvalue weighted by atomic mass is 32.2. The van der Waals surface area contributed by atoms with Crippen molar-refractivity contribution < 1.29 is 13.5 Å². The number of nitrogens with one attached hydrogen (secondary N) is 2. The van der Waals surface area contributed by atoms with Crippen molar-refractivity contribution >= 4 is 21.1 Å². The van der Waals surface area contributed by atoms with Crippen molar-refractivity contribution in [3.05, 3.63) is 24.5 Å². The van der Waals surface area contributed by atoms with Crippen LogP contribution in [0.2, 0.25) is 0 Å². The summed E-state index contributed by atoms with van der Waals surface area (Å²) in [7, 11) is -3.54. The lowest BCUT2D eigenvalue weighted by atomic mass is 9.83. The normalized spacial score (nSPS) is 23.4. The van der Waals surface area contributed by atoms with Crippen LogP contribution in [0.5, 0.6) is 0 Å². The molecule has 0 unspecified atom stereocenters. The Morgan fingerprint density at radius 3 is 3.00 bits per heavy atom. The minimum atomic E-state index is -3.54. The van der Waals surface area contributed by atoms with Crippen LogP contribution in [0, 0.1) is 5.92 Å². The molecule has 0 amide bonds. The summed E-state index contributed by atoms with van der Waals surface area (Å²) in [6.07, 6.45) is 4.12. The summed E-state index contributed by atoms with van der Waals surface area (Å²) in [5.74, 6) is 0.230. The number of aliphatic hydroxyl groups excluding tert-OH is 1. The average molecular weight is 281 g/mol. The van der Waals surface area contributed by atoms with Crippen molar-refractivity contribution in [2.24, 2.45) is 5.92 Å². The van der Waals surface area contributed by atoms with E-state index in [1.54, 1.807) is 18.3 Å². The van der Waals surface area contributed by atoms with E-state index in [0.29, 0.717) is 30.4 Å². The zero-order valence-corrected chi connectivity index (χ0v) is 11.0. The molecule has 2 heterocycles. The number of sulfonamides is 1. The molecule has 1 fully saturated rings. The van der Waals surface area contributed by atoms with Gasteiger partial charge in [0.2, 0.25) is 10.0 Å². The second-order valence-electron chi connectivity index (χ2n) is 4.90. The summed E-state index contributed by atoms with van der Waals surface area (Å²) in [5, 5.41) is 9.77. The average Bonchev–Trinajstić information content (AvgIpc) is 2.78. The number of aliphatic hydroxyl groups is 1. The monoisotopic (exact) mass is 281 g/mol. The van der Waals surface area contributed by atoms with Gasteiger partial charge in [-0.1, -0.05) is 0 Å². The van der Waals surface area contributed by atoms with Crippen molar-refractivity contribution in [1.29, 1.82) is 0 Å². The van der Waals surface area contributed by atoms with E-state index >= 15 is 0 Å². The van der Waals surface area contributed by atoms with Gasteiger partial charge in [-0.15, -0.1) is 0 Å². The second-order valence-corrected chi connectivity index (χ2v) is 6.63. The van der Waals surface area contributed by atoms with Crippen molar-refractivity contribution in [2.75, 3.05) is 6.54 Å². The fourth-order valence-corrected chi connectivity index (χ4v) is 3.60. The molecular weight excluding hydrogens is 266 g/mol. The minimum absolute atomic E-state index is 0.218. The summed E-state index contributed by atoms with van der Waals surface area (Å²) in [4.78, 5) is 7.13. The zero-order chi connectivity index (χ0) is 13.5. The van der Waals surface area contributed by atoms with Gasteiger partial charge in [0.1, 0.15) is 10.5 Å². The molecule has 19 heavy (non-hydrogen) atoms. The summed E-state index contributed by atoms with van der Waals surface area (Å²) in [6, 6.07) is 3.43. The van der Waals surface area contributed by atoms with E-state index in [9.17, 15) is 13.5 Å². The van der Waals surface area contributed by atoms with E-state index in [4.69, 9.17) is 0 Å². The Morgan fingerprint density at radius 2 is 2.26 bits per heavy atom. The van der Waals surface area contributed by atoms with E-state index in [0.717, 1.165) is 0 Å². The Kier molecular flexibility index (Phi) is 3.04. The third-order valence-electron chi connectivity index (χ3n) is 3.48. The van der Waals surface area contributed by atoms with Crippen LogP contribution < -0.4 is 4.72 Å². The van der Waals surface area contributed by atoms with Gasteiger partial charge in [-0.3, -0.25) is 0 Å². The fourth-order valence-electron chi connectivity index (χ4n) is 2.33. The molecule has 0 atom stereocenters. The molecule has 1 aliphatic carbocycles. The molecule has 0 radical (unpaired) electrons. The van der Waals surface area contributed by atoms with Crippen LogP contribution in [0.15, 0.2) is 29.4 Å². The summed E-state index contributed by atoms with van der Waals surface area (Å²) >= 11 is 0. The Labute approximate surface area is 110 Å². The molecular formula is C12H15N3O3S. The molecule has 2 aromatic rings. The maximum atomic E-state index is 12.2. The van der Waals surface area contributed by atoms with Crippen molar-refractivity contribution in [3.63, 3.8) is 0 Å². The molecule has 7 heteroatoms. The first-order valence-electron chi connectivity index (χ1n) is 6.16. The van der Waals surface area contributed by atoms with Crippen LogP contribution in [0.25, 0.3) is 11.0 Å². The van der Waals surface area contributed by atoms with Gasteiger partial charge in [0, 0.05) is 24.3 Å². The number of rotatable bonds is 4. The number of fused-ring (bicyclic) bond motifs is 1. The quantitative estimate of drug-likeness (QED) is 0.765. The number of aromatic nitrogens is 2. The summed E-state index contributed by atoms with van der Waals surface area (Å²) in [5.41, 5.74) is 0.557. The van der Waals surface area contributed by atoms with Gasteiger partial charge in [-0.2, -0.15) is 0 Å². The van der Waals surface area contributed by atoms with Gasteiger partial charge < -0.3 is 10.1 Å². The van der Waals surface area contributed by atoms with E-state index in [1.165, 1.54) is 6.20 Å². The van der Waals surface area contributed by atoms with Gasteiger partial charge in [-0.25, -0.2) is 18.1 Å². The highest BCUT2D eigenvalue weighted by Gasteiger charge is 2.29. The molecule has 0 spiro atoms. The number of hydrogen-bond acceptors (Lipinski definition) is 4. The van der Waals surface area contributed by atoms with Gasteiger partial charge in [-0.05, 0) is 30.9 Å². The SMILES string of the molecule is O=S(=O)(NCC1CC(O)C1)c1c[nH]c2ncccc12. The molecule has 3 rings (SSSR count). The molecule has 1 saturated carbocycles. The fraction of sp³-hybridized carbons (Fsp3) is 0.417. The summed E-state index contributed by atoms with van der Waals surface area (Å²) < 4.78 is 27.0. The van der Waals surface area contributed by atoms with Crippen LogP contribution >= 0.6 is 0 Å². The Bertz CT molecular complexity index is 689. The van der Waals surface area contributed by atoms with Crippen LogP contribution in [-0.2, 0) is 10.0 Å². The smallest absolute Gasteiger partial charge is 0.242 e. The summed E-state index contributed by atoms with van der Waals surface area (Å²) in [6.45, 7) is 0.367. The Balaban J connectivity index is 1.80. The topological polar surface area (TPSA) is 95.1 Å². The first-order valence-corrected chi connectivity index (χ1v) is 7.64. The molecule has 2 aromatic heterocycles. The lowest BCUT2D eigenvalue weighted by molar-refractivity contribution is 0.0453. The van der Waals surface area contributed by atoms with Crippen LogP contribution in [-0.4, -0.2) is 36.1 Å². The van der Waals surface area contributed by atoms with Gasteiger partial charge in [0.25, 0.3) is 0 Å². The predicted octanol–water partition coefficient (Wildman–Crippen LogP) is 0.612. The van der Waals surface area contributed by atoms with Crippen LogP contribution in [0.3, 0.4) is 0 Å². The molecule has 0 aliphatic heterocycles. The van der Waals surface area contributed by atoms with E-state index in [1.807, 2.05) is 0 Å². The molecule has 0 saturated heterocycles. The molecule has 0 aromatic carbocycles. The van der Waals surface area contributed by atoms with Crippen molar-refractivity contribution in [3.8, 4) is 0 Å². The third kappa shape index (κ3) is 2.36. The standard InChI is InChI=1S/C12H15N3O3S/c16-9-4-8(5-9)6-15-19(17,18)11-7-14-12-10(11)2-1-3-13-12/h1-3,7-9,15-16H,4-6H2,(H,13,14). The van der Waals surface area contributed by atoms with E-state index in [-0.39, 0.29) is 16.9 Å². The highest BCUT2D eigenvalue weighted by molar-refractivity contribution is 7.89. The predicted molar refractivity (Wildman–Crippen MR) is 70.0 cm³/mol. The first kappa shape index (κ1) is 12.6. The first-order chi connectivity index (χ1) is 9.06. The lowest BCUT2D eigenvalue weighted by Gasteiger charge is -2.31. The van der Waals surface area contributed by atoms with Crippen LogP contribution in [0.4, 0.5) is 0 Å². The maximum Gasteiger partial charge on any atom is 0.242 e. The molecule has 102 valence electrons. The molecule has 3 N–H and O–H groups in total. The largest absolute Gasteiger partial charge is 0.393 e. The highest BCUT2D eigenvalue weighted by Crippen LogP contribution is 2.27. The van der Waals surface area contributed by atoms with Gasteiger partial charge in [0.15, 0.2) is 0 Å². The van der Waals surface area contributed by atoms with E-state index in [2.05, 4.69) is 14.7 Å². The van der Waals surface area contributed by atoms with Gasteiger partial charge in [0.05, 0.1) is 6.10 Å². The third-order valence-corrected chi connectivity index (χ3v) is 4.94. The Morgan fingerprint density at radius 1 is 1.47 bits per heavy atom. The van der Waals surface area contributed by atoms with Crippen LogP contribution in [0.1, 0.15) is 12.8 Å². The minimum Gasteiger partial charge on any atom is -0.393 e. The zero-order valence-electron chi connectivity index (χ0n) is 10.2.